The van der Waals surface area contributed by atoms with E-state index in [-0.39, 0.29) is 17.9 Å². The lowest BCUT2D eigenvalue weighted by Crippen LogP contribution is -2.04. The van der Waals surface area contributed by atoms with Gasteiger partial charge in [0.25, 0.3) is 0 Å². The molecule has 0 spiro atoms. The minimum atomic E-state index is -2.94. The highest BCUT2D eigenvalue weighted by atomic mass is 19.3. The zero-order chi connectivity index (χ0) is 17.1. The van der Waals surface area contributed by atoms with E-state index in [0.29, 0.717) is 23.0 Å². The van der Waals surface area contributed by atoms with Crippen LogP contribution in [0.4, 0.5) is 8.78 Å². The van der Waals surface area contributed by atoms with Gasteiger partial charge in [-0.15, -0.1) is 5.10 Å². The summed E-state index contributed by atoms with van der Waals surface area (Å²) in [5.41, 5.74) is 1.13. The van der Waals surface area contributed by atoms with E-state index in [1.54, 1.807) is 19.3 Å². The van der Waals surface area contributed by atoms with E-state index in [4.69, 9.17) is 9.26 Å². The van der Waals surface area contributed by atoms with Crippen LogP contribution in [0.15, 0.2) is 28.9 Å². The molecule has 2 aromatic heterocycles. The number of rotatable bonds is 6. The lowest BCUT2D eigenvalue weighted by Gasteiger charge is -2.10. The topological polar surface area (TPSA) is 88.1 Å². The molecule has 0 fully saturated rings. The van der Waals surface area contributed by atoms with Crippen LogP contribution in [0.5, 0.6) is 11.5 Å². The predicted octanol–water partition coefficient (Wildman–Crippen LogP) is 2.07. The molecule has 1 aromatic carbocycles. The van der Waals surface area contributed by atoms with E-state index in [9.17, 15) is 8.78 Å². The van der Waals surface area contributed by atoms with Gasteiger partial charge in [-0.2, -0.15) is 13.8 Å². The van der Waals surface area contributed by atoms with Crippen molar-refractivity contribution in [3.05, 3.63) is 35.9 Å². The molecule has 0 aliphatic rings. The summed E-state index contributed by atoms with van der Waals surface area (Å²) in [4.78, 5) is 4.21. The molecule has 10 heteroatoms. The van der Waals surface area contributed by atoms with Crippen molar-refractivity contribution in [3.63, 3.8) is 0 Å². The number of hydrogen-bond acceptors (Lipinski definition) is 7. The first kappa shape index (κ1) is 15.8. The van der Waals surface area contributed by atoms with Gasteiger partial charge in [-0.05, 0) is 17.7 Å². The van der Waals surface area contributed by atoms with E-state index in [1.165, 1.54) is 23.9 Å². The van der Waals surface area contributed by atoms with Crippen LogP contribution < -0.4 is 9.47 Å². The fourth-order valence-electron chi connectivity index (χ4n) is 2.07. The largest absolute Gasteiger partial charge is 0.493 e. The zero-order valence-electron chi connectivity index (χ0n) is 12.8. The fourth-order valence-corrected chi connectivity index (χ4v) is 2.07. The second kappa shape index (κ2) is 6.60. The fraction of sp³-hybridized carbons (Fsp3) is 0.286. The summed E-state index contributed by atoms with van der Waals surface area (Å²) < 4.78 is 41.0. The quantitative estimate of drug-likeness (QED) is 0.680. The highest BCUT2D eigenvalue weighted by Crippen LogP contribution is 2.30. The Balaban J connectivity index is 1.80. The molecule has 0 bridgehead atoms. The van der Waals surface area contributed by atoms with Crippen LogP contribution in [-0.2, 0) is 13.5 Å². The van der Waals surface area contributed by atoms with Gasteiger partial charge in [-0.1, -0.05) is 16.4 Å². The molecule has 0 saturated carbocycles. The van der Waals surface area contributed by atoms with Gasteiger partial charge in [0.05, 0.1) is 19.7 Å². The molecule has 0 aliphatic heterocycles. The van der Waals surface area contributed by atoms with Gasteiger partial charge in [-0.3, -0.25) is 4.68 Å². The molecule has 0 amide bonds. The predicted molar refractivity (Wildman–Crippen MR) is 76.7 cm³/mol. The van der Waals surface area contributed by atoms with Crippen LogP contribution in [-0.4, -0.2) is 38.9 Å². The third-order valence-electron chi connectivity index (χ3n) is 3.10. The monoisotopic (exact) mass is 337 g/mol. The molecule has 0 atom stereocenters. The van der Waals surface area contributed by atoms with Crippen LogP contribution in [0.3, 0.4) is 0 Å². The van der Waals surface area contributed by atoms with Crippen molar-refractivity contribution in [1.29, 1.82) is 0 Å². The van der Waals surface area contributed by atoms with E-state index < -0.39 is 6.61 Å². The number of halogens is 2. The molecular weight excluding hydrogens is 324 g/mol. The maximum atomic E-state index is 12.5. The molecule has 8 nitrogen and oxygen atoms in total. The van der Waals surface area contributed by atoms with Crippen LogP contribution in [0, 0.1) is 0 Å². The van der Waals surface area contributed by atoms with Crippen molar-refractivity contribution in [2.75, 3.05) is 7.11 Å². The number of alkyl halides is 2. The average molecular weight is 337 g/mol. The molecule has 0 N–H and O–H groups in total. The summed E-state index contributed by atoms with van der Waals surface area (Å²) in [6.45, 7) is -2.94. The first-order chi connectivity index (χ1) is 11.5. The molecule has 0 radical (unpaired) electrons. The first-order valence-corrected chi connectivity index (χ1v) is 6.86. The van der Waals surface area contributed by atoms with Crippen molar-refractivity contribution in [2.24, 2.45) is 7.05 Å². The highest BCUT2D eigenvalue weighted by Gasteiger charge is 2.15. The Labute approximate surface area is 135 Å². The molecule has 0 unspecified atom stereocenters. The van der Waals surface area contributed by atoms with E-state index in [2.05, 4.69) is 25.2 Å². The summed E-state index contributed by atoms with van der Waals surface area (Å²) in [6, 6.07) is 4.67. The van der Waals surface area contributed by atoms with E-state index >= 15 is 0 Å². The van der Waals surface area contributed by atoms with Crippen LogP contribution in [0.1, 0.15) is 11.5 Å². The van der Waals surface area contributed by atoms with Gasteiger partial charge in [0.1, 0.15) is 0 Å². The summed E-state index contributed by atoms with van der Waals surface area (Å²) in [5.74, 6) is 0.767. The van der Waals surface area contributed by atoms with Crippen LogP contribution in [0.2, 0.25) is 0 Å². The van der Waals surface area contributed by atoms with Crippen LogP contribution >= 0.6 is 0 Å². The number of aromatic nitrogens is 5. The third-order valence-corrected chi connectivity index (χ3v) is 3.10. The second-order valence-corrected chi connectivity index (χ2v) is 4.83. The first-order valence-electron chi connectivity index (χ1n) is 6.86. The Kier molecular flexibility index (Phi) is 4.36. The summed E-state index contributed by atoms with van der Waals surface area (Å²) in [7, 11) is 3.10. The number of nitrogens with zero attached hydrogens (tertiary/aromatic N) is 5. The summed E-state index contributed by atoms with van der Waals surface area (Å²) in [6.07, 6.45) is 1.90. The number of methoxy groups -OCH3 is 1. The van der Waals surface area contributed by atoms with Gasteiger partial charge < -0.3 is 14.0 Å². The number of benzene rings is 1. The average Bonchev–Trinajstić information content (AvgIpc) is 3.16. The molecule has 0 aliphatic carbocycles. The van der Waals surface area contributed by atoms with Gasteiger partial charge >= 0.3 is 6.61 Å². The van der Waals surface area contributed by atoms with Gasteiger partial charge in [0.2, 0.25) is 11.7 Å². The van der Waals surface area contributed by atoms with Gasteiger partial charge in [-0.25, -0.2) is 0 Å². The third kappa shape index (κ3) is 3.47. The molecule has 0 saturated heterocycles. The molecule has 3 aromatic rings. The van der Waals surface area contributed by atoms with Crippen molar-refractivity contribution < 1.29 is 22.8 Å². The Morgan fingerprint density at radius 3 is 2.79 bits per heavy atom. The Morgan fingerprint density at radius 2 is 2.12 bits per heavy atom. The maximum Gasteiger partial charge on any atom is 0.387 e. The van der Waals surface area contributed by atoms with E-state index in [0.717, 1.165) is 0 Å². The minimum absolute atomic E-state index is 0.0568. The minimum Gasteiger partial charge on any atom is -0.493 e. The summed E-state index contributed by atoms with van der Waals surface area (Å²) >= 11 is 0. The number of aryl methyl sites for hydroxylation is 1. The van der Waals surface area contributed by atoms with Crippen molar-refractivity contribution in [3.8, 4) is 23.0 Å². The Hall–Kier alpha value is -3.04. The molecule has 3 rings (SSSR count). The lowest BCUT2D eigenvalue weighted by atomic mass is 10.1. The number of hydrogen-bond donors (Lipinski definition) is 0. The molecule has 126 valence electrons. The van der Waals surface area contributed by atoms with Gasteiger partial charge in [0, 0.05) is 7.05 Å². The lowest BCUT2D eigenvalue weighted by molar-refractivity contribution is -0.0512. The second-order valence-electron chi connectivity index (χ2n) is 4.83. The Bertz CT molecular complexity index is 833. The standard InChI is InChI=1S/C14H13F2N5O3/c1-21-7-9(18-20-21)13-17-12(24-19-13)6-8-3-4-10(22-2)11(5-8)23-14(15)16/h3-5,7,14H,6H2,1-2H3. The van der Waals surface area contributed by atoms with Crippen molar-refractivity contribution in [2.45, 2.75) is 13.0 Å². The SMILES string of the molecule is COc1ccc(Cc2nc(-c3cn(C)nn3)no2)cc1OC(F)F. The number of ether oxygens (including phenoxy) is 2. The normalized spacial score (nSPS) is 11.0. The van der Waals surface area contributed by atoms with Crippen molar-refractivity contribution >= 4 is 0 Å². The van der Waals surface area contributed by atoms with E-state index in [1.807, 2.05) is 0 Å². The molecule has 2 heterocycles. The molecule has 24 heavy (non-hydrogen) atoms. The highest BCUT2D eigenvalue weighted by molar-refractivity contribution is 5.46. The van der Waals surface area contributed by atoms with Crippen LogP contribution in [0.25, 0.3) is 11.5 Å². The summed E-state index contributed by atoms with van der Waals surface area (Å²) in [5, 5.41) is 11.5. The Morgan fingerprint density at radius 1 is 1.29 bits per heavy atom. The zero-order valence-corrected chi connectivity index (χ0v) is 12.8. The molecular formula is C14H13F2N5O3. The van der Waals surface area contributed by atoms with Crippen molar-refractivity contribution in [1.82, 2.24) is 25.1 Å². The smallest absolute Gasteiger partial charge is 0.387 e. The maximum absolute atomic E-state index is 12.5. The van der Waals surface area contributed by atoms with Gasteiger partial charge in [0.15, 0.2) is 17.2 Å².